The first-order valence-electron chi connectivity index (χ1n) is 6.48. The van der Waals surface area contributed by atoms with Crippen LogP contribution in [-0.2, 0) is 10.9 Å². The third-order valence-electron chi connectivity index (χ3n) is 3.16. The van der Waals surface area contributed by atoms with E-state index in [-0.39, 0.29) is 33.7 Å². The van der Waals surface area contributed by atoms with Crippen molar-refractivity contribution >= 4 is 22.6 Å². The molecule has 2 heterocycles. The molecule has 2 aromatic heterocycles. The smallest absolute Gasteiger partial charge is 0.416 e. The topological polar surface area (TPSA) is 83.4 Å². The molecule has 0 unspecified atom stereocenters. The molecule has 0 atom stereocenters. The SMILES string of the molecule is CCOC(=O)c1cnn2c1n[n+]([O-])c1ccc(C(F)(F)F)cc12. The van der Waals surface area contributed by atoms with E-state index in [1.807, 2.05) is 0 Å². The zero-order valence-corrected chi connectivity index (χ0v) is 11.7. The van der Waals surface area contributed by atoms with Gasteiger partial charge < -0.3 is 9.94 Å². The minimum atomic E-state index is -4.57. The molecule has 0 N–H and O–H groups in total. The Kier molecular flexibility index (Phi) is 3.31. The van der Waals surface area contributed by atoms with Crippen LogP contribution in [0.15, 0.2) is 24.4 Å². The Hall–Kier alpha value is -2.91. The molecule has 1 aromatic carbocycles. The quantitative estimate of drug-likeness (QED) is 0.407. The van der Waals surface area contributed by atoms with Gasteiger partial charge in [-0.1, -0.05) is 0 Å². The lowest BCUT2D eigenvalue weighted by Gasteiger charge is -2.08. The number of nitrogens with zero attached hydrogens (tertiary/aromatic N) is 4. The third kappa shape index (κ3) is 2.41. The first-order chi connectivity index (χ1) is 10.8. The summed E-state index contributed by atoms with van der Waals surface area (Å²) in [5.41, 5.74) is -1.44. The van der Waals surface area contributed by atoms with E-state index in [1.54, 1.807) is 6.92 Å². The number of benzene rings is 1. The lowest BCUT2D eigenvalue weighted by atomic mass is 10.2. The number of halogens is 3. The average Bonchev–Trinajstić information content (AvgIpc) is 2.90. The van der Waals surface area contributed by atoms with Crippen LogP contribution in [0.4, 0.5) is 13.2 Å². The van der Waals surface area contributed by atoms with Gasteiger partial charge in [-0.05, 0) is 23.9 Å². The summed E-state index contributed by atoms with van der Waals surface area (Å²) in [6.45, 7) is 1.69. The Labute approximate surface area is 126 Å². The lowest BCUT2D eigenvalue weighted by molar-refractivity contribution is -0.640. The van der Waals surface area contributed by atoms with E-state index in [9.17, 15) is 23.2 Å². The summed E-state index contributed by atoms with van der Waals surface area (Å²) in [6.07, 6.45) is -3.48. The first kappa shape index (κ1) is 15.0. The number of hydrogen-bond acceptors (Lipinski definition) is 5. The maximum Gasteiger partial charge on any atom is 0.416 e. The van der Waals surface area contributed by atoms with Gasteiger partial charge in [-0.3, -0.25) is 0 Å². The molecule has 0 aliphatic carbocycles. The molecular formula is C13H9F3N4O3. The lowest BCUT2D eigenvalue weighted by Crippen LogP contribution is -2.33. The summed E-state index contributed by atoms with van der Waals surface area (Å²) in [4.78, 5) is 11.9. The fourth-order valence-electron chi connectivity index (χ4n) is 2.14. The summed E-state index contributed by atoms with van der Waals surface area (Å²) in [5.74, 6) is -0.763. The second-order valence-electron chi connectivity index (χ2n) is 4.59. The molecule has 3 rings (SSSR count). The summed E-state index contributed by atoms with van der Waals surface area (Å²) in [5, 5.41) is 19.4. The molecule has 0 bridgehead atoms. The Balaban J connectivity index is 2.31. The zero-order chi connectivity index (χ0) is 16.8. The maximum atomic E-state index is 12.8. The van der Waals surface area contributed by atoms with Crippen molar-refractivity contribution in [2.24, 2.45) is 0 Å². The van der Waals surface area contributed by atoms with Crippen LogP contribution in [-0.4, -0.2) is 27.3 Å². The van der Waals surface area contributed by atoms with Gasteiger partial charge in [-0.2, -0.15) is 18.3 Å². The number of rotatable bonds is 2. The summed E-state index contributed by atoms with van der Waals surface area (Å²) in [7, 11) is 0. The Bertz CT molecular complexity index is 920. The number of fused-ring (bicyclic) bond motifs is 3. The molecule has 120 valence electrons. The van der Waals surface area contributed by atoms with Crippen LogP contribution in [0.5, 0.6) is 0 Å². The van der Waals surface area contributed by atoms with E-state index in [0.717, 1.165) is 28.9 Å². The van der Waals surface area contributed by atoms with Crippen molar-refractivity contribution in [3.63, 3.8) is 0 Å². The van der Waals surface area contributed by atoms with Crippen LogP contribution in [0.25, 0.3) is 16.7 Å². The normalized spacial score (nSPS) is 12.0. The minimum absolute atomic E-state index is 0.0966. The molecule has 0 spiro atoms. The highest BCUT2D eigenvalue weighted by molar-refractivity contribution is 5.96. The van der Waals surface area contributed by atoms with Crippen molar-refractivity contribution in [3.8, 4) is 0 Å². The molecule has 0 fully saturated rings. The molecule has 23 heavy (non-hydrogen) atoms. The van der Waals surface area contributed by atoms with Gasteiger partial charge in [0, 0.05) is 11.2 Å². The van der Waals surface area contributed by atoms with Crippen LogP contribution in [0.3, 0.4) is 0 Å². The summed E-state index contributed by atoms with van der Waals surface area (Å²) in [6, 6.07) is 2.56. The Morgan fingerprint density at radius 1 is 1.43 bits per heavy atom. The maximum absolute atomic E-state index is 12.8. The number of esters is 1. The van der Waals surface area contributed by atoms with E-state index in [1.165, 1.54) is 0 Å². The van der Waals surface area contributed by atoms with Gasteiger partial charge in [0.1, 0.15) is 11.1 Å². The van der Waals surface area contributed by atoms with Crippen molar-refractivity contribution < 1.29 is 27.5 Å². The van der Waals surface area contributed by atoms with E-state index in [4.69, 9.17) is 4.74 Å². The van der Waals surface area contributed by atoms with Gasteiger partial charge in [0.2, 0.25) is 5.65 Å². The van der Waals surface area contributed by atoms with Crippen LogP contribution < -0.4 is 4.85 Å². The Morgan fingerprint density at radius 3 is 2.83 bits per heavy atom. The van der Waals surface area contributed by atoms with Crippen molar-refractivity contribution in [1.29, 1.82) is 0 Å². The van der Waals surface area contributed by atoms with Crippen LogP contribution >= 0.6 is 0 Å². The third-order valence-corrected chi connectivity index (χ3v) is 3.16. The van der Waals surface area contributed by atoms with Crippen molar-refractivity contribution in [2.75, 3.05) is 6.61 Å². The predicted octanol–water partition coefficient (Wildman–Crippen LogP) is 1.71. The number of carbonyl (C=O) groups is 1. The predicted molar refractivity (Wildman–Crippen MR) is 70.4 cm³/mol. The average molecular weight is 326 g/mol. The summed E-state index contributed by atoms with van der Waals surface area (Å²) < 4.78 is 44.3. The van der Waals surface area contributed by atoms with Crippen molar-refractivity contribution in [3.05, 3.63) is 40.7 Å². The highest BCUT2D eigenvalue weighted by Gasteiger charge is 2.32. The number of aromatic nitrogens is 4. The first-order valence-corrected chi connectivity index (χ1v) is 6.48. The van der Waals surface area contributed by atoms with Gasteiger partial charge in [0.05, 0.1) is 18.4 Å². The van der Waals surface area contributed by atoms with Crippen molar-refractivity contribution in [2.45, 2.75) is 13.1 Å². The molecule has 3 aromatic rings. The monoisotopic (exact) mass is 326 g/mol. The summed E-state index contributed by atoms with van der Waals surface area (Å²) >= 11 is 0. The van der Waals surface area contributed by atoms with Crippen LogP contribution in [0.1, 0.15) is 22.8 Å². The highest BCUT2D eigenvalue weighted by atomic mass is 19.4. The van der Waals surface area contributed by atoms with Gasteiger partial charge in [-0.25, -0.2) is 9.31 Å². The number of alkyl halides is 3. The molecular weight excluding hydrogens is 317 g/mol. The molecule has 0 saturated heterocycles. The highest BCUT2D eigenvalue weighted by Crippen LogP contribution is 2.30. The molecule has 0 aliphatic rings. The second-order valence-corrected chi connectivity index (χ2v) is 4.59. The van der Waals surface area contributed by atoms with E-state index >= 15 is 0 Å². The Morgan fingerprint density at radius 2 is 2.17 bits per heavy atom. The molecule has 0 saturated carbocycles. The van der Waals surface area contributed by atoms with Gasteiger partial charge in [-0.15, -0.1) is 0 Å². The van der Waals surface area contributed by atoms with Crippen LogP contribution in [0.2, 0.25) is 0 Å². The molecule has 0 amide bonds. The van der Waals surface area contributed by atoms with Gasteiger partial charge >= 0.3 is 12.1 Å². The molecule has 7 nitrogen and oxygen atoms in total. The van der Waals surface area contributed by atoms with E-state index in [2.05, 4.69) is 10.2 Å². The molecule has 0 radical (unpaired) electrons. The number of ether oxygens (including phenoxy) is 1. The van der Waals surface area contributed by atoms with E-state index in [0.29, 0.717) is 0 Å². The van der Waals surface area contributed by atoms with Crippen molar-refractivity contribution in [1.82, 2.24) is 14.7 Å². The van der Waals surface area contributed by atoms with Gasteiger partial charge in [0.15, 0.2) is 0 Å². The molecule has 10 heteroatoms. The zero-order valence-electron chi connectivity index (χ0n) is 11.7. The number of hydrogen-bond donors (Lipinski definition) is 0. The second kappa shape index (κ2) is 5.07. The fourth-order valence-corrected chi connectivity index (χ4v) is 2.14. The minimum Gasteiger partial charge on any atom is -0.594 e. The van der Waals surface area contributed by atoms with Gasteiger partial charge in [0.25, 0.3) is 5.52 Å². The largest absolute Gasteiger partial charge is 0.594 e. The van der Waals surface area contributed by atoms with E-state index < -0.39 is 17.7 Å². The number of carbonyl (C=O) groups excluding carboxylic acids is 1. The standard InChI is InChI=1S/C13H9F3N4O3/c1-2-23-12(21)8-6-17-19-10-5-7(13(14,15)16)3-4-9(10)20(22)18-11(8)19/h3-6H,2H2,1H3. The fraction of sp³-hybridized carbons (Fsp3) is 0.231. The molecule has 0 aliphatic heterocycles. The van der Waals surface area contributed by atoms with Crippen LogP contribution in [0, 0.1) is 5.21 Å².